The van der Waals surface area contributed by atoms with E-state index in [-0.39, 0.29) is 16.7 Å². The lowest BCUT2D eigenvalue weighted by molar-refractivity contribution is -0.139. The van der Waals surface area contributed by atoms with Crippen molar-refractivity contribution in [2.45, 2.75) is 31.1 Å². The van der Waals surface area contributed by atoms with E-state index in [1.807, 2.05) is 11.8 Å². The summed E-state index contributed by atoms with van der Waals surface area (Å²) in [7, 11) is -3.56. The van der Waals surface area contributed by atoms with Crippen molar-refractivity contribution in [3.05, 3.63) is 24.0 Å². The standard InChI is InChI=1S/C17H22N4O3S/c1-12-18-15-6-5-14(11-16(15)19-12)25(23,24)21-9-7-20(8-10-21)17(22)13-3-2-4-13/h5-6,11,13H,2-4,7-10H2,1H3,(H,18,19). The fourth-order valence-electron chi connectivity index (χ4n) is 3.49. The van der Waals surface area contributed by atoms with Crippen molar-refractivity contribution in [3.63, 3.8) is 0 Å². The van der Waals surface area contributed by atoms with E-state index in [9.17, 15) is 13.2 Å². The molecule has 0 spiro atoms. The number of hydrogen-bond donors (Lipinski definition) is 1. The summed E-state index contributed by atoms with van der Waals surface area (Å²) in [5.41, 5.74) is 1.48. The summed E-state index contributed by atoms with van der Waals surface area (Å²) in [6.45, 7) is 3.48. The van der Waals surface area contributed by atoms with Crippen molar-refractivity contribution in [2.24, 2.45) is 5.92 Å². The number of H-pyrrole nitrogens is 1. The molecular weight excluding hydrogens is 340 g/mol. The van der Waals surface area contributed by atoms with Crippen molar-refractivity contribution >= 4 is 27.0 Å². The van der Waals surface area contributed by atoms with Gasteiger partial charge in [-0.15, -0.1) is 0 Å². The minimum atomic E-state index is -3.56. The number of fused-ring (bicyclic) bond motifs is 1. The Morgan fingerprint density at radius 3 is 2.56 bits per heavy atom. The molecular formula is C17H22N4O3S. The largest absolute Gasteiger partial charge is 0.342 e. The van der Waals surface area contributed by atoms with Gasteiger partial charge in [0.2, 0.25) is 15.9 Å². The monoisotopic (exact) mass is 362 g/mol. The normalized spacial score (nSPS) is 20.0. The minimum absolute atomic E-state index is 0.161. The number of carbonyl (C=O) groups excluding carboxylic acids is 1. The van der Waals surface area contributed by atoms with Crippen LogP contribution in [0.1, 0.15) is 25.1 Å². The average molecular weight is 362 g/mol. The number of hydrogen-bond acceptors (Lipinski definition) is 4. The van der Waals surface area contributed by atoms with Crippen LogP contribution < -0.4 is 0 Å². The molecule has 1 amide bonds. The van der Waals surface area contributed by atoms with Crippen molar-refractivity contribution < 1.29 is 13.2 Å². The number of nitrogens with zero attached hydrogens (tertiary/aromatic N) is 3. The first-order chi connectivity index (χ1) is 11.9. The molecule has 0 unspecified atom stereocenters. The summed E-state index contributed by atoms with van der Waals surface area (Å²) in [4.78, 5) is 21.8. The number of sulfonamides is 1. The molecule has 25 heavy (non-hydrogen) atoms. The smallest absolute Gasteiger partial charge is 0.243 e. The van der Waals surface area contributed by atoms with Gasteiger partial charge >= 0.3 is 0 Å². The van der Waals surface area contributed by atoms with E-state index in [2.05, 4.69) is 9.97 Å². The third kappa shape index (κ3) is 2.93. The maximum atomic E-state index is 12.9. The van der Waals surface area contributed by atoms with Crippen molar-refractivity contribution in [3.8, 4) is 0 Å². The van der Waals surface area contributed by atoms with E-state index < -0.39 is 10.0 Å². The molecule has 134 valence electrons. The molecule has 1 saturated heterocycles. The Bertz CT molecular complexity index is 909. The highest BCUT2D eigenvalue weighted by Crippen LogP contribution is 2.29. The van der Waals surface area contributed by atoms with E-state index in [0.717, 1.165) is 36.1 Å². The van der Waals surface area contributed by atoms with E-state index in [4.69, 9.17) is 0 Å². The Morgan fingerprint density at radius 2 is 1.92 bits per heavy atom. The van der Waals surface area contributed by atoms with Crippen LogP contribution >= 0.6 is 0 Å². The number of carbonyl (C=O) groups is 1. The van der Waals surface area contributed by atoms with Gasteiger partial charge in [0.1, 0.15) is 5.82 Å². The molecule has 2 heterocycles. The summed E-state index contributed by atoms with van der Waals surface area (Å²) >= 11 is 0. The topological polar surface area (TPSA) is 86.4 Å². The zero-order valence-corrected chi connectivity index (χ0v) is 15.1. The van der Waals surface area contributed by atoms with Crippen LogP contribution in [0, 0.1) is 12.8 Å². The second-order valence-corrected chi connectivity index (χ2v) is 8.80. The molecule has 4 rings (SSSR count). The third-order valence-electron chi connectivity index (χ3n) is 5.21. The number of imidazole rings is 1. The Kier molecular flexibility index (Phi) is 4.04. The lowest BCUT2D eigenvalue weighted by Crippen LogP contribution is -2.52. The molecule has 0 atom stereocenters. The van der Waals surface area contributed by atoms with Gasteiger partial charge in [0, 0.05) is 32.1 Å². The van der Waals surface area contributed by atoms with Crippen LogP contribution in [0.5, 0.6) is 0 Å². The highest BCUT2D eigenvalue weighted by molar-refractivity contribution is 7.89. The zero-order valence-electron chi connectivity index (χ0n) is 14.2. The van der Waals surface area contributed by atoms with Crippen LogP contribution in [-0.4, -0.2) is 59.7 Å². The van der Waals surface area contributed by atoms with Gasteiger partial charge in [-0.1, -0.05) is 6.42 Å². The number of piperazine rings is 1. The Labute approximate surface area is 147 Å². The van der Waals surface area contributed by atoms with Crippen LogP contribution in [0.15, 0.2) is 23.1 Å². The third-order valence-corrected chi connectivity index (χ3v) is 7.11. The molecule has 1 aliphatic carbocycles. The summed E-state index contributed by atoms with van der Waals surface area (Å²) in [5.74, 6) is 1.11. The second-order valence-electron chi connectivity index (χ2n) is 6.86. The average Bonchev–Trinajstić information content (AvgIpc) is 2.92. The van der Waals surface area contributed by atoms with E-state index >= 15 is 0 Å². The van der Waals surface area contributed by atoms with Gasteiger partial charge in [0.15, 0.2) is 0 Å². The molecule has 1 aromatic carbocycles. The lowest BCUT2D eigenvalue weighted by atomic mass is 9.84. The van der Waals surface area contributed by atoms with Crippen LogP contribution in [-0.2, 0) is 14.8 Å². The summed E-state index contributed by atoms with van der Waals surface area (Å²) in [6, 6.07) is 4.96. The molecule has 2 fully saturated rings. The van der Waals surface area contributed by atoms with Gasteiger partial charge in [-0.05, 0) is 38.0 Å². The second kappa shape index (κ2) is 6.10. The predicted molar refractivity (Wildman–Crippen MR) is 93.5 cm³/mol. The van der Waals surface area contributed by atoms with Crippen LogP contribution in [0.4, 0.5) is 0 Å². The minimum Gasteiger partial charge on any atom is -0.342 e. The SMILES string of the molecule is Cc1nc2ccc(S(=O)(=O)N3CCN(C(=O)C4CCC4)CC3)cc2[nH]1. The van der Waals surface area contributed by atoms with Crippen molar-refractivity contribution in [2.75, 3.05) is 26.2 Å². The fraction of sp³-hybridized carbons (Fsp3) is 0.529. The maximum absolute atomic E-state index is 12.9. The number of amides is 1. The molecule has 8 heteroatoms. The highest BCUT2D eigenvalue weighted by Gasteiger charge is 2.34. The predicted octanol–water partition coefficient (Wildman–Crippen LogP) is 1.50. The van der Waals surface area contributed by atoms with E-state index in [0.29, 0.717) is 26.2 Å². The van der Waals surface area contributed by atoms with Crippen molar-refractivity contribution in [1.29, 1.82) is 0 Å². The Balaban J connectivity index is 1.49. The van der Waals surface area contributed by atoms with Gasteiger partial charge in [-0.3, -0.25) is 4.79 Å². The van der Waals surface area contributed by atoms with Crippen LogP contribution in [0.25, 0.3) is 11.0 Å². The molecule has 1 aromatic heterocycles. The molecule has 2 aliphatic rings. The quantitative estimate of drug-likeness (QED) is 0.897. The first-order valence-corrected chi connectivity index (χ1v) is 10.1. The Hall–Kier alpha value is -1.93. The first-order valence-electron chi connectivity index (χ1n) is 8.70. The van der Waals surface area contributed by atoms with Gasteiger partial charge in [0.25, 0.3) is 0 Å². The van der Waals surface area contributed by atoms with Gasteiger partial charge in [-0.25, -0.2) is 13.4 Å². The molecule has 0 bridgehead atoms. The first kappa shape index (κ1) is 16.5. The number of aryl methyl sites for hydroxylation is 1. The maximum Gasteiger partial charge on any atom is 0.243 e. The van der Waals surface area contributed by atoms with Crippen LogP contribution in [0.3, 0.4) is 0 Å². The summed E-state index contributed by atoms with van der Waals surface area (Å²) < 4.78 is 27.3. The number of aromatic amines is 1. The number of nitrogens with one attached hydrogen (secondary N) is 1. The molecule has 0 radical (unpaired) electrons. The number of aromatic nitrogens is 2. The van der Waals surface area contributed by atoms with Gasteiger partial charge in [0.05, 0.1) is 15.9 Å². The van der Waals surface area contributed by atoms with Crippen molar-refractivity contribution in [1.82, 2.24) is 19.2 Å². The Morgan fingerprint density at radius 1 is 1.20 bits per heavy atom. The lowest BCUT2D eigenvalue weighted by Gasteiger charge is -2.37. The molecule has 1 saturated carbocycles. The zero-order chi connectivity index (χ0) is 17.6. The number of rotatable bonds is 3. The highest BCUT2D eigenvalue weighted by atomic mass is 32.2. The fourth-order valence-corrected chi connectivity index (χ4v) is 4.94. The van der Waals surface area contributed by atoms with Crippen LogP contribution in [0.2, 0.25) is 0 Å². The summed E-state index contributed by atoms with van der Waals surface area (Å²) in [5, 5.41) is 0. The van der Waals surface area contributed by atoms with Gasteiger partial charge in [-0.2, -0.15) is 4.31 Å². The molecule has 1 N–H and O–H groups in total. The number of benzene rings is 1. The molecule has 1 aliphatic heterocycles. The van der Waals surface area contributed by atoms with E-state index in [1.165, 1.54) is 4.31 Å². The van der Waals surface area contributed by atoms with E-state index in [1.54, 1.807) is 18.2 Å². The summed E-state index contributed by atoms with van der Waals surface area (Å²) in [6.07, 6.45) is 3.07. The molecule has 2 aromatic rings. The van der Waals surface area contributed by atoms with Gasteiger partial charge < -0.3 is 9.88 Å². The molecule has 7 nitrogen and oxygen atoms in total.